The third kappa shape index (κ3) is 6.03. The summed E-state index contributed by atoms with van der Waals surface area (Å²) in [6.07, 6.45) is -0.914. The molecule has 0 saturated heterocycles. The van der Waals surface area contributed by atoms with Crippen LogP contribution in [0.2, 0.25) is 0 Å². The number of ether oxygens (including phenoxy) is 1. The van der Waals surface area contributed by atoms with E-state index < -0.39 is 35.5 Å². The number of benzene rings is 2. The maximum atomic E-state index is 14.3. The predicted octanol–water partition coefficient (Wildman–Crippen LogP) is 2.86. The van der Waals surface area contributed by atoms with Gasteiger partial charge in [-0.3, -0.25) is 9.59 Å². The van der Waals surface area contributed by atoms with Gasteiger partial charge < -0.3 is 25.2 Å². The average molecular weight is 471 g/mol. The van der Waals surface area contributed by atoms with Gasteiger partial charge in [-0.05, 0) is 44.5 Å². The fourth-order valence-electron chi connectivity index (χ4n) is 3.80. The van der Waals surface area contributed by atoms with E-state index in [-0.39, 0.29) is 24.4 Å². The molecule has 1 aliphatic heterocycles. The number of carbonyl (C=O) groups excluding carboxylic acids is 3. The minimum absolute atomic E-state index is 0.107. The lowest BCUT2D eigenvalue weighted by Crippen LogP contribution is -2.57. The lowest BCUT2D eigenvalue weighted by Gasteiger charge is -2.26. The van der Waals surface area contributed by atoms with E-state index in [0.29, 0.717) is 0 Å². The van der Waals surface area contributed by atoms with Gasteiger partial charge in [0.05, 0.1) is 11.4 Å². The van der Waals surface area contributed by atoms with E-state index in [2.05, 4.69) is 10.6 Å². The Morgan fingerprint density at radius 1 is 1.09 bits per heavy atom. The van der Waals surface area contributed by atoms with Gasteiger partial charge in [-0.25, -0.2) is 9.18 Å². The highest BCUT2D eigenvalue weighted by Gasteiger charge is 2.34. The van der Waals surface area contributed by atoms with Crippen LogP contribution in [-0.4, -0.2) is 56.2 Å². The average Bonchev–Trinajstić information content (AvgIpc) is 2.84. The van der Waals surface area contributed by atoms with Crippen molar-refractivity contribution in [2.24, 2.45) is 0 Å². The standard InChI is InChI=1S/C25H31FN4O4/c1-25(2,3)34-24(33)28-18(14-16-10-6-7-11-17(16)26)22(31)27-19-15-29(4)20-12-8-9-13-21(20)30(5)23(19)32/h6-13,18-19H,14-15H2,1-5H3,(H,27,31)(H,28,33)/t18-,19-/m1/s1. The predicted molar refractivity (Wildman–Crippen MR) is 128 cm³/mol. The Hall–Kier alpha value is -3.62. The Labute approximate surface area is 199 Å². The fraction of sp³-hybridized carbons (Fsp3) is 0.400. The highest BCUT2D eigenvalue weighted by Crippen LogP contribution is 2.30. The Morgan fingerprint density at radius 2 is 1.71 bits per heavy atom. The molecule has 2 aromatic rings. The van der Waals surface area contributed by atoms with Crippen LogP contribution in [0.5, 0.6) is 0 Å². The minimum atomic E-state index is -1.15. The van der Waals surface area contributed by atoms with Crippen LogP contribution < -0.4 is 20.4 Å². The zero-order valence-electron chi connectivity index (χ0n) is 20.1. The first-order valence-electron chi connectivity index (χ1n) is 11.1. The molecule has 182 valence electrons. The van der Waals surface area contributed by atoms with Gasteiger partial charge in [0, 0.05) is 27.1 Å². The summed E-state index contributed by atoms with van der Waals surface area (Å²) in [6.45, 7) is 5.33. The van der Waals surface area contributed by atoms with Crippen molar-refractivity contribution >= 4 is 29.3 Å². The molecule has 0 radical (unpaired) electrons. The van der Waals surface area contributed by atoms with Crippen molar-refractivity contribution in [1.82, 2.24) is 10.6 Å². The van der Waals surface area contributed by atoms with Crippen LogP contribution in [0, 0.1) is 5.82 Å². The summed E-state index contributed by atoms with van der Waals surface area (Å²) in [5.74, 6) is -1.40. The molecule has 2 N–H and O–H groups in total. The second-order valence-electron chi connectivity index (χ2n) is 9.32. The monoisotopic (exact) mass is 470 g/mol. The number of anilines is 2. The Bertz CT molecular complexity index is 1070. The van der Waals surface area contributed by atoms with Gasteiger partial charge in [0.2, 0.25) is 5.91 Å². The van der Waals surface area contributed by atoms with Gasteiger partial charge in [-0.1, -0.05) is 30.3 Å². The third-order valence-corrected chi connectivity index (χ3v) is 5.45. The van der Waals surface area contributed by atoms with Gasteiger partial charge >= 0.3 is 6.09 Å². The van der Waals surface area contributed by atoms with Crippen LogP contribution in [0.1, 0.15) is 26.3 Å². The van der Waals surface area contributed by atoms with Crippen molar-refractivity contribution in [2.45, 2.75) is 44.9 Å². The van der Waals surface area contributed by atoms with E-state index in [1.807, 2.05) is 36.2 Å². The molecule has 0 fully saturated rings. The maximum absolute atomic E-state index is 14.3. The van der Waals surface area contributed by atoms with E-state index in [1.165, 1.54) is 11.0 Å². The van der Waals surface area contributed by atoms with Crippen molar-refractivity contribution in [3.05, 3.63) is 59.9 Å². The summed E-state index contributed by atoms with van der Waals surface area (Å²) in [6, 6.07) is 11.4. The first kappa shape index (κ1) is 25.0. The smallest absolute Gasteiger partial charge is 0.408 e. The third-order valence-electron chi connectivity index (χ3n) is 5.45. The molecule has 0 aromatic heterocycles. The normalized spacial score (nSPS) is 16.9. The van der Waals surface area contributed by atoms with Crippen LogP contribution in [0.25, 0.3) is 0 Å². The highest BCUT2D eigenvalue weighted by molar-refractivity contribution is 6.03. The molecule has 1 aliphatic rings. The number of para-hydroxylation sites is 2. The number of rotatable bonds is 5. The van der Waals surface area contributed by atoms with Crippen molar-refractivity contribution in [2.75, 3.05) is 30.4 Å². The molecule has 1 heterocycles. The quantitative estimate of drug-likeness (QED) is 0.701. The van der Waals surface area contributed by atoms with E-state index in [0.717, 1.165) is 11.4 Å². The highest BCUT2D eigenvalue weighted by atomic mass is 19.1. The minimum Gasteiger partial charge on any atom is -0.444 e. The molecule has 3 rings (SSSR count). The number of likely N-dealkylation sites (N-methyl/N-ethyl adjacent to an activating group) is 2. The van der Waals surface area contributed by atoms with E-state index in [4.69, 9.17) is 4.74 Å². The van der Waals surface area contributed by atoms with Gasteiger partial charge in [-0.15, -0.1) is 0 Å². The number of hydrogen-bond acceptors (Lipinski definition) is 5. The molecule has 0 aliphatic carbocycles. The summed E-state index contributed by atoms with van der Waals surface area (Å²) < 4.78 is 19.6. The number of alkyl carbamates (subject to hydrolysis) is 1. The zero-order valence-corrected chi connectivity index (χ0v) is 20.1. The first-order valence-corrected chi connectivity index (χ1v) is 11.1. The Morgan fingerprint density at radius 3 is 2.35 bits per heavy atom. The molecule has 2 aromatic carbocycles. The molecular formula is C25H31FN4O4. The first-order chi connectivity index (χ1) is 16.0. The fourth-order valence-corrected chi connectivity index (χ4v) is 3.80. The summed E-state index contributed by atoms with van der Waals surface area (Å²) in [5, 5.41) is 5.28. The summed E-state index contributed by atoms with van der Waals surface area (Å²) >= 11 is 0. The lowest BCUT2D eigenvalue weighted by molar-refractivity contribution is -0.128. The topological polar surface area (TPSA) is 91.0 Å². The summed E-state index contributed by atoms with van der Waals surface area (Å²) in [7, 11) is 3.48. The second kappa shape index (κ2) is 10.1. The zero-order chi connectivity index (χ0) is 25.0. The van der Waals surface area contributed by atoms with Crippen LogP contribution in [0.15, 0.2) is 48.5 Å². The number of hydrogen-bond donors (Lipinski definition) is 2. The Balaban J connectivity index is 1.82. The van der Waals surface area contributed by atoms with Gasteiger partial charge in [0.15, 0.2) is 0 Å². The second-order valence-corrected chi connectivity index (χ2v) is 9.32. The number of carbonyl (C=O) groups is 3. The Kier molecular flexibility index (Phi) is 7.44. The number of nitrogens with zero attached hydrogens (tertiary/aromatic N) is 2. The lowest BCUT2D eigenvalue weighted by atomic mass is 10.0. The van der Waals surface area contributed by atoms with E-state index in [9.17, 15) is 18.8 Å². The largest absolute Gasteiger partial charge is 0.444 e. The maximum Gasteiger partial charge on any atom is 0.408 e. The van der Waals surface area contributed by atoms with Gasteiger partial charge in [0.25, 0.3) is 5.91 Å². The number of amides is 3. The van der Waals surface area contributed by atoms with Crippen LogP contribution in [-0.2, 0) is 20.7 Å². The molecule has 0 unspecified atom stereocenters. The van der Waals surface area contributed by atoms with Crippen molar-refractivity contribution < 1.29 is 23.5 Å². The molecule has 0 bridgehead atoms. The molecule has 9 heteroatoms. The van der Waals surface area contributed by atoms with Crippen molar-refractivity contribution in [1.29, 1.82) is 0 Å². The molecule has 3 amide bonds. The van der Waals surface area contributed by atoms with Crippen molar-refractivity contribution in [3.8, 4) is 0 Å². The molecule has 0 spiro atoms. The van der Waals surface area contributed by atoms with Gasteiger partial charge in [-0.2, -0.15) is 0 Å². The van der Waals surface area contributed by atoms with Crippen LogP contribution in [0.4, 0.5) is 20.6 Å². The van der Waals surface area contributed by atoms with Crippen molar-refractivity contribution in [3.63, 3.8) is 0 Å². The number of nitrogens with one attached hydrogen (secondary N) is 2. The number of fused-ring (bicyclic) bond motifs is 1. The van der Waals surface area contributed by atoms with E-state index in [1.54, 1.807) is 46.0 Å². The SMILES string of the molecule is CN1C[C@@H](NC(=O)[C@@H](Cc2ccccc2F)NC(=O)OC(C)(C)C)C(=O)N(C)c2ccccc21. The van der Waals surface area contributed by atoms with E-state index >= 15 is 0 Å². The molecule has 0 saturated carbocycles. The van der Waals surface area contributed by atoms with Crippen LogP contribution >= 0.6 is 0 Å². The van der Waals surface area contributed by atoms with Crippen LogP contribution in [0.3, 0.4) is 0 Å². The summed E-state index contributed by atoms with van der Waals surface area (Å²) in [5.41, 5.74) is 1.05. The number of halogens is 1. The molecule has 2 atom stereocenters. The molecular weight excluding hydrogens is 439 g/mol. The summed E-state index contributed by atoms with van der Waals surface area (Å²) in [4.78, 5) is 42.2. The van der Waals surface area contributed by atoms with Gasteiger partial charge in [0.1, 0.15) is 23.5 Å². The molecule has 8 nitrogen and oxygen atoms in total. The molecule has 34 heavy (non-hydrogen) atoms.